The number of nitrogens with one attached hydrogen (secondary N) is 2. The van der Waals surface area contributed by atoms with Crippen LogP contribution in [0.15, 0.2) is 33.9 Å². The molecular weight excluding hydrogens is 442 g/mol. The molecule has 0 unspecified atom stereocenters. The summed E-state index contributed by atoms with van der Waals surface area (Å²) < 4.78 is 59.0. The molecule has 33 heavy (non-hydrogen) atoms. The standard InChI is InChI=1S/C22H29F4N5O2/c1-5-31-8-6-15(7-9-31)30-21(32)16-10-20(33-4)19(11-18(16)23)29-13-28-14(2)17(12-27-3)22(24,25)26/h10-12,15,29H,3,5-9,13H2,1-2,4H3,(H,30,32)/b17-12+,28-14-. The Kier molecular flexibility index (Phi) is 9.39. The van der Waals surface area contributed by atoms with Crippen LogP contribution in [-0.4, -0.2) is 68.9 Å². The van der Waals surface area contributed by atoms with Gasteiger partial charge in [-0.3, -0.25) is 14.8 Å². The first-order valence-corrected chi connectivity index (χ1v) is 10.5. The first-order valence-electron chi connectivity index (χ1n) is 10.5. The van der Waals surface area contributed by atoms with Crippen LogP contribution in [0.5, 0.6) is 5.75 Å². The van der Waals surface area contributed by atoms with Gasteiger partial charge in [-0.1, -0.05) is 6.92 Å². The second kappa shape index (κ2) is 11.8. The molecule has 0 aliphatic carbocycles. The second-order valence-corrected chi connectivity index (χ2v) is 7.52. The lowest BCUT2D eigenvalue weighted by atomic mass is 10.0. The van der Waals surface area contributed by atoms with Gasteiger partial charge in [-0.05, 0) is 39.1 Å². The van der Waals surface area contributed by atoms with Crippen molar-refractivity contribution >= 4 is 24.0 Å². The van der Waals surface area contributed by atoms with Crippen LogP contribution in [0.4, 0.5) is 23.2 Å². The molecule has 0 saturated carbocycles. The van der Waals surface area contributed by atoms with Crippen LogP contribution in [0.3, 0.4) is 0 Å². The maximum atomic E-state index is 14.7. The summed E-state index contributed by atoms with van der Waals surface area (Å²) in [5, 5.41) is 5.57. The lowest BCUT2D eigenvalue weighted by molar-refractivity contribution is -0.0862. The van der Waals surface area contributed by atoms with Crippen LogP contribution in [-0.2, 0) is 0 Å². The van der Waals surface area contributed by atoms with E-state index in [-0.39, 0.29) is 35.4 Å². The highest BCUT2D eigenvalue weighted by Gasteiger charge is 2.35. The topological polar surface area (TPSA) is 78.3 Å². The minimum atomic E-state index is -4.64. The van der Waals surface area contributed by atoms with E-state index in [4.69, 9.17) is 4.74 Å². The molecule has 1 heterocycles. The number of aliphatic imine (C=N–C) groups is 2. The third kappa shape index (κ3) is 7.28. The van der Waals surface area contributed by atoms with Gasteiger partial charge in [0.05, 0.1) is 23.9 Å². The number of halogens is 4. The monoisotopic (exact) mass is 471 g/mol. The molecule has 7 nitrogen and oxygen atoms in total. The molecule has 1 aliphatic heterocycles. The lowest BCUT2D eigenvalue weighted by Gasteiger charge is -2.31. The average molecular weight is 471 g/mol. The normalized spacial score (nSPS) is 16.5. The number of allylic oxidation sites excluding steroid dienone is 1. The van der Waals surface area contributed by atoms with Gasteiger partial charge in [-0.25, -0.2) is 4.39 Å². The highest BCUT2D eigenvalue weighted by Crippen LogP contribution is 2.29. The van der Waals surface area contributed by atoms with E-state index in [9.17, 15) is 22.4 Å². The van der Waals surface area contributed by atoms with Crippen molar-refractivity contribution in [1.82, 2.24) is 10.2 Å². The van der Waals surface area contributed by atoms with E-state index < -0.39 is 23.5 Å². The molecule has 0 aromatic heterocycles. The van der Waals surface area contributed by atoms with Crippen molar-refractivity contribution in [2.24, 2.45) is 9.98 Å². The number of carbonyl (C=O) groups is 1. The number of carbonyl (C=O) groups excluding carboxylic acids is 1. The van der Waals surface area contributed by atoms with Crippen LogP contribution in [0.2, 0.25) is 0 Å². The Morgan fingerprint density at radius 2 is 2.00 bits per heavy atom. The Labute approximate surface area is 190 Å². The highest BCUT2D eigenvalue weighted by atomic mass is 19.4. The zero-order valence-electron chi connectivity index (χ0n) is 18.9. The number of amides is 1. The van der Waals surface area contributed by atoms with Gasteiger partial charge in [0.25, 0.3) is 5.91 Å². The van der Waals surface area contributed by atoms with Gasteiger partial charge < -0.3 is 20.3 Å². The van der Waals surface area contributed by atoms with E-state index >= 15 is 0 Å². The molecule has 0 bridgehead atoms. The van der Waals surface area contributed by atoms with Crippen molar-refractivity contribution < 1.29 is 27.1 Å². The number of hydrogen-bond donors (Lipinski definition) is 2. The minimum Gasteiger partial charge on any atom is -0.495 e. The first kappa shape index (κ1) is 26.3. The molecular formula is C22H29F4N5O2. The maximum Gasteiger partial charge on any atom is 0.419 e. The SMILES string of the molecule is C=N/C=C(\C(C)=N/CNc1cc(F)c(C(=O)NC2CCN(CC)CC2)cc1OC)C(F)(F)F. The Morgan fingerprint density at radius 1 is 1.33 bits per heavy atom. The number of nitrogens with zero attached hydrogens (tertiary/aromatic N) is 3. The van der Waals surface area contributed by atoms with E-state index in [1.807, 2.05) is 0 Å². The summed E-state index contributed by atoms with van der Waals surface area (Å²) >= 11 is 0. The molecule has 1 amide bonds. The number of piperidine rings is 1. The van der Waals surface area contributed by atoms with Gasteiger partial charge >= 0.3 is 6.18 Å². The molecule has 1 fully saturated rings. The van der Waals surface area contributed by atoms with Gasteiger partial charge in [0.15, 0.2) is 0 Å². The smallest absolute Gasteiger partial charge is 0.419 e. The van der Waals surface area contributed by atoms with Gasteiger partial charge in [-0.2, -0.15) is 13.2 Å². The molecule has 0 atom stereocenters. The van der Waals surface area contributed by atoms with Crippen molar-refractivity contribution in [2.75, 3.05) is 38.7 Å². The molecule has 182 valence electrons. The van der Waals surface area contributed by atoms with Crippen LogP contribution < -0.4 is 15.4 Å². The number of benzene rings is 1. The number of anilines is 1. The summed E-state index contributed by atoms with van der Waals surface area (Å²) in [6.45, 7) is 8.69. The summed E-state index contributed by atoms with van der Waals surface area (Å²) in [5.41, 5.74) is -1.37. The average Bonchev–Trinajstić information content (AvgIpc) is 2.77. The van der Waals surface area contributed by atoms with Crippen molar-refractivity contribution in [2.45, 2.75) is 38.9 Å². The Balaban J connectivity index is 2.10. The number of methoxy groups -OCH3 is 1. The van der Waals surface area contributed by atoms with Crippen molar-refractivity contribution in [1.29, 1.82) is 0 Å². The summed E-state index contributed by atoms with van der Waals surface area (Å²) in [6, 6.07) is 2.28. The maximum absolute atomic E-state index is 14.7. The van der Waals surface area contributed by atoms with Crippen LogP contribution in [0, 0.1) is 5.82 Å². The van der Waals surface area contributed by atoms with Crippen LogP contribution in [0.1, 0.15) is 37.0 Å². The van der Waals surface area contributed by atoms with E-state index in [1.165, 1.54) is 20.1 Å². The Bertz CT molecular complexity index is 907. The van der Waals surface area contributed by atoms with Crippen LogP contribution >= 0.6 is 0 Å². The molecule has 1 aliphatic rings. The number of hydrogen-bond acceptors (Lipinski definition) is 6. The molecule has 0 radical (unpaired) electrons. The zero-order chi connectivity index (χ0) is 24.6. The fourth-order valence-corrected chi connectivity index (χ4v) is 3.48. The molecule has 1 saturated heterocycles. The largest absolute Gasteiger partial charge is 0.495 e. The Morgan fingerprint density at radius 3 is 2.55 bits per heavy atom. The Hall–Kier alpha value is -2.95. The van der Waals surface area contributed by atoms with Crippen molar-refractivity contribution in [3.63, 3.8) is 0 Å². The summed E-state index contributed by atoms with van der Waals surface area (Å²) in [6.07, 6.45) is -2.49. The third-order valence-electron chi connectivity index (χ3n) is 5.41. The van der Waals surface area contributed by atoms with E-state index in [0.29, 0.717) is 6.20 Å². The van der Waals surface area contributed by atoms with Crippen molar-refractivity contribution in [3.05, 3.63) is 35.3 Å². The molecule has 0 spiro atoms. The fraction of sp³-hybridized carbons (Fsp3) is 0.500. The molecule has 11 heteroatoms. The van der Waals surface area contributed by atoms with Crippen LogP contribution in [0.25, 0.3) is 0 Å². The third-order valence-corrected chi connectivity index (χ3v) is 5.41. The number of rotatable bonds is 9. The van der Waals surface area contributed by atoms with Gasteiger partial charge in [0.1, 0.15) is 18.2 Å². The molecule has 2 N–H and O–H groups in total. The molecule has 2 rings (SSSR count). The van der Waals surface area contributed by atoms with E-state index in [1.54, 1.807) is 0 Å². The predicted molar refractivity (Wildman–Crippen MR) is 121 cm³/mol. The van der Waals surface area contributed by atoms with E-state index in [0.717, 1.165) is 38.5 Å². The fourth-order valence-electron chi connectivity index (χ4n) is 3.48. The van der Waals surface area contributed by atoms with Gasteiger partial charge in [-0.15, -0.1) is 0 Å². The summed E-state index contributed by atoms with van der Waals surface area (Å²) in [4.78, 5) is 21.9. The quantitative estimate of drug-likeness (QED) is 0.421. The minimum absolute atomic E-state index is 0.0400. The summed E-state index contributed by atoms with van der Waals surface area (Å²) in [5.74, 6) is -1.16. The first-order chi connectivity index (χ1) is 15.6. The molecule has 1 aromatic carbocycles. The predicted octanol–water partition coefficient (Wildman–Crippen LogP) is 4.03. The number of ether oxygens (including phenoxy) is 1. The van der Waals surface area contributed by atoms with Gasteiger partial charge in [0, 0.05) is 37.1 Å². The summed E-state index contributed by atoms with van der Waals surface area (Å²) in [7, 11) is 1.34. The van der Waals surface area contributed by atoms with Crippen molar-refractivity contribution in [3.8, 4) is 5.75 Å². The molecule has 1 aromatic rings. The van der Waals surface area contributed by atoms with E-state index in [2.05, 4.69) is 39.2 Å². The number of alkyl halides is 3. The number of likely N-dealkylation sites (tertiary alicyclic amines) is 1. The zero-order valence-corrected chi connectivity index (χ0v) is 18.9. The van der Waals surface area contributed by atoms with Gasteiger partial charge in [0.2, 0.25) is 0 Å². The highest BCUT2D eigenvalue weighted by molar-refractivity contribution is 5.99. The lowest BCUT2D eigenvalue weighted by Crippen LogP contribution is -2.44. The second-order valence-electron chi connectivity index (χ2n) is 7.52.